The molecule has 0 bridgehead atoms. The minimum atomic E-state index is -0.484. The van der Waals surface area contributed by atoms with E-state index >= 15 is 0 Å². The van der Waals surface area contributed by atoms with E-state index in [4.69, 9.17) is 9.47 Å². The Morgan fingerprint density at radius 3 is 2.73 bits per heavy atom. The van der Waals surface area contributed by atoms with E-state index in [-0.39, 0.29) is 22.4 Å². The summed E-state index contributed by atoms with van der Waals surface area (Å²) in [7, 11) is 1.44. The van der Waals surface area contributed by atoms with Gasteiger partial charge in [-0.1, -0.05) is 0 Å². The van der Waals surface area contributed by atoms with Crippen molar-refractivity contribution in [3.63, 3.8) is 0 Å². The molecule has 0 aromatic heterocycles. The van der Waals surface area contributed by atoms with Gasteiger partial charge in [0.1, 0.15) is 0 Å². The normalized spacial score (nSPS) is 9.80. The van der Waals surface area contributed by atoms with E-state index in [1.54, 1.807) is 6.92 Å². The molecule has 1 N–H and O–H groups in total. The first-order chi connectivity index (χ1) is 7.11. The third kappa shape index (κ3) is 2.41. The first kappa shape index (κ1) is 11.8. The number of rotatable bonds is 3. The van der Waals surface area contributed by atoms with Crippen LogP contribution in [-0.2, 0) is 4.74 Å². The molecule has 0 aliphatic carbocycles. The Hall–Kier alpha value is -1.23. The number of phenolic OH excluding ortho intramolecular Hbond substituents is 1. The zero-order valence-corrected chi connectivity index (χ0v) is 10.00. The van der Waals surface area contributed by atoms with E-state index in [9.17, 15) is 9.90 Å². The predicted molar refractivity (Wildman–Crippen MR) is 58.3 cm³/mol. The summed E-state index contributed by atoms with van der Waals surface area (Å²) in [5.74, 6) is -0.291. The second-order valence-electron chi connectivity index (χ2n) is 2.70. The maximum Gasteiger partial charge on any atom is 0.339 e. The Morgan fingerprint density at radius 2 is 2.20 bits per heavy atom. The number of ether oxygens (including phenoxy) is 2. The summed E-state index contributed by atoms with van der Waals surface area (Å²) >= 11 is 3.11. The SMILES string of the molecule is CCOC(=O)c1ccc(OC)c(O)c1Br. The van der Waals surface area contributed by atoms with Crippen molar-refractivity contribution in [3.05, 3.63) is 22.2 Å². The summed E-state index contributed by atoms with van der Waals surface area (Å²) in [5, 5.41) is 9.62. The molecule has 0 unspecified atom stereocenters. The largest absolute Gasteiger partial charge is 0.503 e. The summed E-state index contributed by atoms with van der Waals surface area (Å²) in [4.78, 5) is 11.4. The molecular formula is C10H11BrO4. The van der Waals surface area contributed by atoms with Crippen LogP contribution >= 0.6 is 15.9 Å². The van der Waals surface area contributed by atoms with Gasteiger partial charge in [-0.3, -0.25) is 0 Å². The zero-order valence-electron chi connectivity index (χ0n) is 8.41. The van der Waals surface area contributed by atoms with Crippen LogP contribution in [0.2, 0.25) is 0 Å². The fraction of sp³-hybridized carbons (Fsp3) is 0.300. The van der Waals surface area contributed by atoms with Gasteiger partial charge in [0.15, 0.2) is 11.5 Å². The van der Waals surface area contributed by atoms with E-state index in [0.29, 0.717) is 5.75 Å². The van der Waals surface area contributed by atoms with Gasteiger partial charge in [0.2, 0.25) is 0 Å². The highest BCUT2D eigenvalue weighted by molar-refractivity contribution is 9.10. The molecule has 0 aliphatic heterocycles. The number of carbonyl (C=O) groups is 1. The number of carbonyl (C=O) groups excluding carboxylic acids is 1. The summed E-state index contributed by atoms with van der Waals surface area (Å²) in [6.07, 6.45) is 0. The van der Waals surface area contributed by atoms with Crippen molar-refractivity contribution < 1.29 is 19.4 Å². The number of esters is 1. The Balaban J connectivity index is 3.11. The molecule has 15 heavy (non-hydrogen) atoms. The Labute approximate surface area is 95.9 Å². The number of phenols is 1. The first-order valence-corrected chi connectivity index (χ1v) is 5.13. The van der Waals surface area contributed by atoms with Crippen LogP contribution in [0.4, 0.5) is 0 Å². The highest BCUT2D eigenvalue weighted by Crippen LogP contribution is 2.36. The van der Waals surface area contributed by atoms with E-state index in [0.717, 1.165) is 0 Å². The lowest BCUT2D eigenvalue weighted by molar-refractivity contribution is 0.0524. The smallest absolute Gasteiger partial charge is 0.339 e. The summed E-state index contributed by atoms with van der Waals surface area (Å²) in [6.45, 7) is 2.01. The number of benzene rings is 1. The second-order valence-corrected chi connectivity index (χ2v) is 3.49. The number of hydrogen-bond acceptors (Lipinski definition) is 4. The minimum absolute atomic E-state index is 0.108. The van der Waals surface area contributed by atoms with E-state index in [1.165, 1.54) is 19.2 Å². The van der Waals surface area contributed by atoms with Gasteiger partial charge >= 0.3 is 5.97 Å². The van der Waals surface area contributed by atoms with Crippen molar-refractivity contribution in [2.45, 2.75) is 6.92 Å². The van der Waals surface area contributed by atoms with Gasteiger partial charge in [-0.05, 0) is 35.0 Å². The molecule has 0 aliphatic rings. The Kier molecular flexibility index (Phi) is 3.96. The number of aromatic hydroxyl groups is 1. The lowest BCUT2D eigenvalue weighted by atomic mass is 10.2. The fourth-order valence-electron chi connectivity index (χ4n) is 1.08. The van der Waals surface area contributed by atoms with Crippen LogP contribution in [-0.4, -0.2) is 24.8 Å². The standard InChI is InChI=1S/C10H11BrO4/c1-3-15-10(13)6-4-5-7(14-2)9(12)8(6)11/h4-5,12H,3H2,1-2H3. The third-order valence-electron chi connectivity index (χ3n) is 1.79. The van der Waals surface area contributed by atoms with Crippen LogP contribution in [0.3, 0.4) is 0 Å². The Bertz CT molecular complexity index is 376. The van der Waals surface area contributed by atoms with Crippen molar-refractivity contribution in [1.82, 2.24) is 0 Å². The van der Waals surface area contributed by atoms with Gasteiger partial charge in [-0.15, -0.1) is 0 Å². The molecule has 0 amide bonds. The van der Waals surface area contributed by atoms with Gasteiger partial charge in [-0.2, -0.15) is 0 Å². The summed E-state index contributed by atoms with van der Waals surface area (Å²) < 4.78 is 9.98. The maximum absolute atomic E-state index is 11.4. The lowest BCUT2D eigenvalue weighted by Gasteiger charge is -2.08. The van der Waals surface area contributed by atoms with E-state index < -0.39 is 5.97 Å². The van der Waals surface area contributed by atoms with E-state index in [1.807, 2.05) is 0 Å². The molecule has 82 valence electrons. The summed E-state index contributed by atoms with van der Waals surface area (Å²) in [6, 6.07) is 3.03. The van der Waals surface area contributed by atoms with Crippen molar-refractivity contribution in [1.29, 1.82) is 0 Å². The van der Waals surface area contributed by atoms with Crippen LogP contribution in [0.15, 0.2) is 16.6 Å². The molecule has 0 saturated carbocycles. The van der Waals surface area contributed by atoms with Crippen LogP contribution in [0.5, 0.6) is 11.5 Å². The molecule has 0 atom stereocenters. The predicted octanol–water partition coefficient (Wildman–Crippen LogP) is 2.34. The van der Waals surface area contributed by atoms with Crippen molar-refractivity contribution >= 4 is 21.9 Å². The molecule has 4 nitrogen and oxygen atoms in total. The highest BCUT2D eigenvalue weighted by Gasteiger charge is 2.16. The Morgan fingerprint density at radius 1 is 1.53 bits per heavy atom. The average molecular weight is 275 g/mol. The number of halogens is 1. The number of hydrogen-bond donors (Lipinski definition) is 1. The van der Waals surface area contributed by atoms with Gasteiger partial charge in [0.05, 0.1) is 23.8 Å². The first-order valence-electron chi connectivity index (χ1n) is 4.34. The van der Waals surface area contributed by atoms with Crippen LogP contribution in [0.1, 0.15) is 17.3 Å². The van der Waals surface area contributed by atoms with Crippen molar-refractivity contribution in [2.24, 2.45) is 0 Å². The minimum Gasteiger partial charge on any atom is -0.503 e. The molecule has 0 radical (unpaired) electrons. The van der Waals surface area contributed by atoms with Gasteiger partial charge < -0.3 is 14.6 Å². The molecule has 1 aromatic carbocycles. The van der Waals surface area contributed by atoms with Crippen molar-refractivity contribution in [3.8, 4) is 11.5 Å². The maximum atomic E-state index is 11.4. The number of methoxy groups -OCH3 is 1. The van der Waals surface area contributed by atoms with Gasteiger partial charge in [0.25, 0.3) is 0 Å². The fourth-order valence-corrected chi connectivity index (χ4v) is 1.57. The molecule has 0 fully saturated rings. The topological polar surface area (TPSA) is 55.8 Å². The molecule has 0 spiro atoms. The average Bonchev–Trinajstić information content (AvgIpc) is 2.22. The quantitative estimate of drug-likeness (QED) is 0.860. The summed E-state index contributed by atoms with van der Waals surface area (Å²) in [5.41, 5.74) is 0.273. The van der Waals surface area contributed by atoms with Crippen LogP contribution in [0, 0.1) is 0 Å². The third-order valence-corrected chi connectivity index (χ3v) is 2.60. The second kappa shape index (κ2) is 5.02. The van der Waals surface area contributed by atoms with E-state index in [2.05, 4.69) is 15.9 Å². The monoisotopic (exact) mass is 274 g/mol. The molecule has 5 heteroatoms. The molecule has 1 aromatic rings. The zero-order chi connectivity index (χ0) is 11.4. The van der Waals surface area contributed by atoms with Gasteiger partial charge in [0, 0.05) is 0 Å². The highest BCUT2D eigenvalue weighted by atomic mass is 79.9. The molecule has 0 saturated heterocycles. The molecular weight excluding hydrogens is 264 g/mol. The molecule has 0 heterocycles. The van der Waals surface area contributed by atoms with Crippen LogP contribution < -0.4 is 4.74 Å². The van der Waals surface area contributed by atoms with Crippen LogP contribution in [0.25, 0.3) is 0 Å². The molecule has 1 rings (SSSR count). The van der Waals surface area contributed by atoms with Crippen molar-refractivity contribution in [2.75, 3.05) is 13.7 Å². The van der Waals surface area contributed by atoms with Gasteiger partial charge in [-0.25, -0.2) is 4.79 Å². The lowest BCUT2D eigenvalue weighted by Crippen LogP contribution is -2.05.